The van der Waals surface area contributed by atoms with Crippen molar-refractivity contribution in [3.05, 3.63) is 310 Å². The van der Waals surface area contributed by atoms with E-state index in [1.54, 1.807) is 0 Å². The van der Waals surface area contributed by atoms with Crippen LogP contribution in [0.3, 0.4) is 0 Å². The number of ether oxygens (including phenoxy) is 9. The van der Waals surface area contributed by atoms with Gasteiger partial charge in [-0.25, -0.2) is 9.18 Å². The first-order valence-electron chi connectivity index (χ1n) is 27.2. The van der Waals surface area contributed by atoms with Gasteiger partial charge in [0.1, 0.15) is 75.2 Å². The second-order valence-corrected chi connectivity index (χ2v) is 19.6. The Labute approximate surface area is 476 Å². The Kier molecular flexibility index (Phi) is 17.6. The van der Waals surface area contributed by atoms with Crippen molar-refractivity contribution in [3.63, 3.8) is 0 Å². The average molecular weight is 1090 g/mol. The summed E-state index contributed by atoms with van der Waals surface area (Å²) in [6.07, 6.45) is -2.01. The van der Waals surface area contributed by atoms with Crippen molar-refractivity contribution in [2.45, 2.75) is 64.9 Å². The molecule has 1 aliphatic heterocycles. The Balaban J connectivity index is 0.998. The van der Waals surface area contributed by atoms with Gasteiger partial charge < -0.3 is 42.6 Å². The van der Waals surface area contributed by atoms with Crippen LogP contribution in [-0.2, 0) is 57.4 Å². The fourth-order valence-electron chi connectivity index (χ4n) is 9.41. The van der Waals surface area contributed by atoms with E-state index in [1.807, 2.05) is 243 Å². The molecule has 1 aliphatic rings. The van der Waals surface area contributed by atoms with Gasteiger partial charge >= 0.3 is 5.97 Å². The summed E-state index contributed by atoms with van der Waals surface area (Å²) in [5.74, 6) is 0.0784. The highest BCUT2D eigenvalue weighted by Crippen LogP contribution is 2.47. The van der Waals surface area contributed by atoms with Crippen molar-refractivity contribution < 1.29 is 51.8 Å². The van der Waals surface area contributed by atoms with E-state index in [2.05, 4.69) is 0 Å². The maximum Gasteiger partial charge on any atom is 0.341 e. The zero-order valence-corrected chi connectivity index (χ0v) is 44.9. The van der Waals surface area contributed by atoms with Gasteiger partial charge in [-0.15, -0.1) is 0 Å². The van der Waals surface area contributed by atoms with Crippen molar-refractivity contribution in [1.29, 1.82) is 0 Å². The molecule has 0 spiro atoms. The number of fused-ring (bicyclic) bond motifs is 1. The Morgan fingerprint density at radius 3 is 1.24 bits per heavy atom. The first-order valence-corrected chi connectivity index (χ1v) is 27.2. The van der Waals surface area contributed by atoms with Crippen LogP contribution in [0, 0.1) is 5.82 Å². The summed E-state index contributed by atoms with van der Waals surface area (Å²) in [6.45, 7) is 1.09. The second kappa shape index (κ2) is 26.8. The molecule has 0 aromatic heterocycles. The molecule has 0 radical (unpaired) electrons. The lowest BCUT2D eigenvalue weighted by Gasteiger charge is -2.35. The molecule has 410 valence electrons. The number of rotatable bonds is 24. The van der Waals surface area contributed by atoms with Gasteiger partial charge in [-0.1, -0.05) is 218 Å². The van der Waals surface area contributed by atoms with Crippen LogP contribution in [0.5, 0.6) is 46.0 Å². The molecule has 82 heavy (non-hydrogen) atoms. The Morgan fingerprint density at radius 2 is 0.780 bits per heavy atom. The normalized spacial score (nSPS) is 13.4. The fourth-order valence-corrected chi connectivity index (χ4v) is 9.41. The summed E-state index contributed by atoms with van der Waals surface area (Å²) >= 11 is 0. The molecule has 2 atom stereocenters. The number of benzene rings is 10. The van der Waals surface area contributed by atoms with E-state index in [0.717, 1.165) is 38.9 Å². The highest BCUT2D eigenvalue weighted by atomic mass is 19.1. The molecule has 11 heteroatoms. The molecule has 10 aromatic rings. The van der Waals surface area contributed by atoms with Crippen LogP contribution in [0.25, 0.3) is 0 Å². The molecule has 0 saturated carbocycles. The molecule has 10 nitrogen and oxygen atoms in total. The second-order valence-electron chi connectivity index (χ2n) is 19.6. The van der Waals surface area contributed by atoms with Crippen LogP contribution < -0.4 is 37.9 Å². The van der Waals surface area contributed by atoms with E-state index in [-0.39, 0.29) is 69.9 Å². The Morgan fingerprint density at radius 1 is 0.390 bits per heavy atom. The molecule has 0 fully saturated rings. The first-order chi connectivity index (χ1) is 40.5. The van der Waals surface area contributed by atoms with Crippen molar-refractivity contribution >= 4 is 5.97 Å². The first kappa shape index (κ1) is 54.0. The minimum Gasteiger partial charge on any atom is -0.489 e. The van der Waals surface area contributed by atoms with Crippen LogP contribution in [0.1, 0.15) is 66.5 Å². The lowest BCUT2D eigenvalue weighted by molar-refractivity contribution is -0.0194. The van der Waals surface area contributed by atoms with E-state index in [9.17, 15) is 0 Å². The van der Waals surface area contributed by atoms with Crippen LogP contribution in [0.4, 0.5) is 4.39 Å². The van der Waals surface area contributed by atoms with Crippen LogP contribution in [0.15, 0.2) is 249 Å². The summed E-state index contributed by atoms with van der Waals surface area (Å²) in [5.41, 5.74) is 7.01. The Bertz CT molecular complexity index is 3650. The quantitative estimate of drug-likeness (QED) is 0.0544. The summed E-state index contributed by atoms with van der Waals surface area (Å²) < 4.78 is 76.9. The third kappa shape index (κ3) is 14.1. The number of carbonyl (C=O) groups is 1. The van der Waals surface area contributed by atoms with Gasteiger partial charge in [0.2, 0.25) is 11.5 Å². The van der Waals surface area contributed by atoms with Gasteiger partial charge in [-0.3, -0.25) is 0 Å². The van der Waals surface area contributed by atoms with Gasteiger partial charge in [0.15, 0.2) is 29.2 Å². The van der Waals surface area contributed by atoms with E-state index in [0.29, 0.717) is 39.9 Å². The largest absolute Gasteiger partial charge is 0.489 e. The summed E-state index contributed by atoms with van der Waals surface area (Å²) in [4.78, 5) is 15.3. The molecule has 0 amide bonds. The number of hydrogen-bond donors (Lipinski definition) is 0. The smallest absolute Gasteiger partial charge is 0.341 e. The van der Waals surface area contributed by atoms with E-state index < -0.39 is 29.6 Å². The predicted molar refractivity (Wildman–Crippen MR) is 311 cm³/mol. The maximum atomic E-state index is 17.8. The number of carbonyl (C=O) groups excluding carboxylic acids is 1. The SMILES string of the molecule is O=C(O[C@@H]1Cc2c(OCc3ccccc3)cc(OCc3ccccc3)cc2OC1c1ccc(OCc2ccccc2)c(OCc2ccccc2)c1)c1cc(OCc2ccccc2)c(OCc2ccccc2)c(OCc2ccccc2)c1F. The van der Waals surface area contributed by atoms with Gasteiger partial charge in [0, 0.05) is 35.7 Å². The van der Waals surface area contributed by atoms with Gasteiger partial charge in [0.05, 0.1) is 0 Å². The van der Waals surface area contributed by atoms with E-state index in [4.69, 9.17) is 42.6 Å². The minimum absolute atomic E-state index is 0.0133. The van der Waals surface area contributed by atoms with Crippen molar-refractivity contribution in [2.24, 2.45) is 0 Å². The molecule has 11 rings (SSSR count). The molecule has 0 aliphatic carbocycles. The molecule has 1 heterocycles. The number of esters is 1. The monoisotopic (exact) mass is 1090 g/mol. The van der Waals surface area contributed by atoms with Gasteiger partial charge in [0.25, 0.3) is 0 Å². The standard InChI is InChI=1S/C71H59FO10/c72-67-60(42-65(78-47-54-30-16-5-17-31-54)69(79-48-55-32-18-6-19-33-55)70(67)80-49-56-34-20-7-21-35-56)71(73)82-66-41-59-62(76-45-52-26-12-3-13-27-52)39-58(74-43-50-22-8-1-9-23-50)40-63(59)81-68(66)57-36-37-61(75-44-51-24-10-2-11-25-51)64(38-57)77-46-53-28-14-4-15-29-53/h1-40,42,66,68H,41,43-49H2/t66-,68?/m1/s1. The highest BCUT2D eigenvalue weighted by Gasteiger charge is 2.39. The lowest BCUT2D eigenvalue weighted by atomic mass is 9.93. The molecule has 1 unspecified atom stereocenters. The molecular formula is C71H59FO10. The average Bonchev–Trinajstić information content (AvgIpc) is 3.67. The molecule has 0 bridgehead atoms. The molecular weight excluding hydrogens is 1030 g/mol. The lowest BCUT2D eigenvalue weighted by Crippen LogP contribution is -2.35. The zero-order valence-electron chi connectivity index (χ0n) is 44.9. The number of hydrogen-bond acceptors (Lipinski definition) is 10. The number of halogens is 1. The molecule has 0 saturated heterocycles. The summed E-state index contributed by atoms with van der Waals surface area (Å²) in [6, 6.07) is 78.2. The third-order valence-corrected chi connectivity index (χ3v) is 13.7. The van der Waals surface area contributed by atoms with E-state index in [1.165, 1.54) is 6.07 Å². The summed E-state index contributed by atoms with van der Waals surface area (Å²) in [5, 5.41) is 0. The van der Waals surface area contributed by atoms with Crippen LogP contribution in [-0.4, -0.2) is 12.1 Å². The van der Waals surface area contributed by atoms with Crippen molar-refractivity contribution in [1.82, 2.24) is 0 Å². The van der Waals surface area contributed by atoms with Crippen LogP contribution >= 0.6 is 0 Å². The third-order valence-electron chi connectivity index (χ3n) is 13.7. The predicted octanol–water partition coefficient (Wildman–Crippen LogP) is 15.8. The minimum atomic E-state index is -1.09. The zero-order chi connectivity index (χ0) is 55.7. The summed E-state index contributed by atoms with van der Waals surface area (Å²) in [7, 11) is 0. The van der Waals surface area contributed by atoms with Crippen molar-refractivity contribution in [3.8, 4) is 46.0 Å². The van der Waals surface area contributed by atoms with Gasteiger partial charge in [-0.05, 0) is 51.1 Å². The van der Waals surface area contributed by atoms with Crippen LogP contribution in [0.2, 0.25) is 0 Å². The molecule has 0 N–H and O–H groups in total. The topological polar surface area (TPSA) is 100 Å². The van der Waals surface area contributed by atoms with Gasteiger partial charge in [-0.2, -0.15) is 0 Å². The van der Waals surface area contributed by atoms with E-state index >= 15 is 9.18 Å². The fraction of sp³-hybridized carbons (Fsp3) is 0.141. The Hall–Kier alpha value is -10.0. The van der Waals surface area contributed by atoms with Crippen molar-refractivity contribution in [2.75, 3.05) is 0 Å². The molecule has 10 aromatic carbocycles. The maximum absolute atomic E-state index is 17.8. The highest BCUT2D eigenvalue weighted by molar-refractivity contribution is 5.92.